The predicted octanol–water partition coefficient (Wildman–Crippen LogP) is 3.50. The summed E-state index contributed by atoms with van der Waals surface area (Å²) in [5.41, 5.74) is 1.35. The normalized spacial score (nSPS) is 18.5. The first-order valence-electron chi connectivity index (χ1n) is 5.51. The van der Waals surface area contributed by atoms with E-state index in [4.69, 9.17) is 0 Å². The molecule has 0 amide bonds. The Morgan fingerprint density at radius 2 is 1.94 bits per heavy atom. The number of rotatable bonds is 1. The van der Waals surface area contributed by atoms with Crippen molar-refractivity contribution in [2.24, 2.45) is 0 Å². The zero-order chi connectivity index (χ0) is 10.1. The molecule has 1 atom stereocenters. The number of fused-ring (bicyclic) bond motifs is 1. The van der Waals surface area contributed by atoms with Crippen LogP contribution in [0.5, 0.6) is 0 Å². The van der Waals surface area contributed by atoms with E-state index in [0.717, 1.165) is 6.54 Å². The minimum absolute atomic E-state index is 0. The lowest BCUT2D eigenvalue weighted by Crippen LogP contribution is -2.13. The number of pyridine rings is 1. The van der Waals surface area contributed by atoms with Crippen molar-refractivity contribution in [3.8, 4) is 0 Å². The van der Waals surface area contributed by atoms with E-state index in [-0.39, 0.29) is 24.8 Å². The van der Waals surface area contributed by atoms with Gasteiger partial charge in [0.05, 0.1) is 0 Å². The molecule has 3 rings (SSSR count). The van der Waals surface area contributed by atoms with E-state index in [0.29, 0.717) is 6.04 Å². The van der Waals surface area contributed by atoms with Gasteiger partial charge >= 0.3 is 0 Å². The minimum atomic E-state index is 0. The highest BCUT2D eigenvalue weighted by molar-refractivity contribution is 5.86. The molecule has 2 heterocycles. The number of hydrogen-bond donors (Lipinski definition) is 1. The second-order valence-corrected chi connectivity index (χ2v) is 4.10. The van der Waals surface area contributed by atoms with Crippen LogP contribution in [0.3, 0.4) is 0 Å². The average molecular weight is 271 g/mol. The van der Waals surface area contributed by atoms with Gasteiger partial charge in [-0.3, -0.25) is 4.98 Å². The molecule has 1 aromatic carbocycles. The van der Waals surface area contributed by atoms with E-state index in [1.807, 2.05) is 12.4 Å². The van der Waals surface area contributed by atoms with Crippen LogP contribution in [0.15, 0.2) is 36.7 Å². The van der Waals surface area contributed by atoms with Crippen LogP contribution < -0.4 is 5.32 Å². The van der Waals surface area contributed by atoms with Gasteiger partial charge in [0.15, 0.2) is 0 Å². The third-order valence-electron chi connectivity index (χ3n) is 3.13. The lowest BCUT2D eigenvalue weighted by molar-refractivity contribution is 0.650. The van der Waals surface area contributed by atoms with Gasteiger partial charge in [0.2, 0.25) is 0 Å². The van der Waals surface area contributed by atoms with Crippen molar-refractivity contribution in [2.75, 3.05) is 6.54 Å². The molecule has 1 aromatic heterocycles. The average Bonchev–Trinajstić information content (AvgIpc) is 2.82. The number of benzene rings is 1. The highest BCUT2D eigenvalue weighted by atomic mass is 35.5. The monoisotopic (exact) mass is 270 g/mol. The number of nitrogens with one attached hydrogen (secondary N) is 1. The van der Waals surface area contributed by atoms with E-state index in [2.05, 4.69) is 34.6 Å². The molecule has 2 aromatic rings. The summed E-state index contributed by atoms with van der Waals surface area (Å²) in [5.74, 6) is 0. The Morgan fingerprint density at radius 3 is 2.71 bits per heavy atom. The van der Waals surface area contributed by atoms with Crippen molar-refractivity contribution in [3.05, 3.63) is 42.2 Å². The summed E-state index contributed by atoms with van der Waals surface area (Å²) < 4.78 is 0. The number of hydrogen-bond acceptors (Lipinski definition) is 2. The van der Waals surface area contributed by atoms with Gasteiger partial charge in [-0.15, -0.1) is 24.8 Å². The molecular weight excluding hydrogens is 255 g/mol. The molecule has 1 saturated heterocycles. The van der Waals surface area contributed by atoms with Gasteiger partial charge < -0.3 is 5.32 Å². The Bertz CT molecular complexity index is 476. The maximum absolute atomic E-state index is 4.32. The molecule has 1 aliphatic rings. The molecule has 17 heavy (non-hydrogen) atoms. The van der Waals surface area contributed by atoms with E-state index >= 15 is 0 Å². The van der Waals surface area contributed by atoms with Crippen LogP contribution in [0.4, 0.5) is 0 Å². The van der Waals surface area contributed by atoms with Gasteiger partial charge in [0, 0.05) is 23.8 Å². The SMILES string of the molecule is Cl.Cl.c1ccc2c([C@H]3CCCN3)cncc2c1. The standard InChI is InChI=1S/C13H14N2.2ClH/c1-2-5-11-10(4-1)8-14-9-12(11)13-6-3-7-15-13;;/h1-2,4-5,8-9,13,15H,3,6-7H2;2*1H/t13-;;/m1../s1. The van der Waals surface area contributed by atoms with Gasteiger partial charge in [-0.2, -0.15) is 0 Å². The fourth-order valence-electron chi connectivity index (χ4n) is 2.37. The minimum Gasteiger partial charge on any atom is -0.310 e. The third kappa shape index (κ3) is 2.71. The Balaban J connectivity index is 0.000000722. The van der Waals surface area contributed by atoms with Gasteiger partial charge in [-0.05, 0) is 30.3 Å². The van der Waals surface area contributed by atoms with Crippen LogP contribution in [0.25, 0.3) is 10.8 Å². The predicted molar refractivity (Wildman–Crippen MR) is 76.2 cm³/mol. The zero-order valence-electron chi connectivity index (χ0n) is 9.43. The first kappa shape index (κ1) is 14.2. The lowest BCUT2D eigenvalue weighted by atomic mass is 10.0. The highest BCUT2D eigenvalue weighted by Crippen LogP contribution is 2.28. The van der Waals surface area contributed by atoms with Gasteiger partial charge in [0.25, 0.3) is 0 Å². The van der Waals surface area contributed by atoms with Crippen LogP contribution in [0.2, 0.25) is 0 Å². The van der Waals surface area contributed by atoms with Crippen LogP contribution in [-0.4, -0.2) is 11.5 Å². The van der Waals surface area contributed by atoms with Crippen molar-refractivity contribution in [3.63, 3.8) is 0 Å². The van der Waals surface area contributed by atoms with Crippen molar-refractivity contribution in [1.29, 1.82) is 0 Å². The van der Waals surface area contributed by atoms with Crippen LogP contribution in [-0.2, 0) is 0 Å². The first-order valence-corrected chi connectivity index (χ1v) is 5.51. The van der Waals surface area contributed by atoms with Crippen molar-refractivity contribution in [1.82, 2.24) is 10.3 Å². The van der Waals surface area contributed by atoms with E-state index in [1.54, 1.807) is 0 Å². The fraction of sp³-hybridized carbons (Fsp3) is 0.308. The summed E-state index contributed by atoms with van der Waals surface area (Å²) in [6.07, 6.45) is 6.45. The Kier molecular flexibility index (Phi) is 5.19. The Morgan fingerprint density at radius 1 is 1.12 bits per heavy atom. The maximum atomic E-state index is 4.32. The first-order chi connectivity index (χ1) is 7.45. The Labute approximate surface area is 114 Å². The molecule has 2 nitrogen and oxygen atoms in total. The quantitative estimate of drug-likeness (QED) is 0.858. The summed E-state index contributed by atoms with van der Waals surface area (Å²) in [5, 5.41) is 6.10. The molecule has 92 valence electrons. The summed E-state index contributed by atoms with van der Waals surface area (Å²) in [6.45, 7) is 1.13. The molecule has 0 radical (unpaired) electrons. The molecule has 1 fully saturated rings. The fourth-order valence-corrected chi connectivity index (χ4v) is 2.37. The van der Waals surface area contributed by atoms with Gasteiger partial charge in [-0.1, -0.05) is 24.3 Å². The molecular formula is C13H16Cl2N2. The van der Waals surface area contributed by atoms with E-state index in [9.17, 15) is 0 Å². The van der Waals surface area contributed by atoms with E-state index < -0.39 is 0 Å². The summed E-state index contributed by atoms with van der Waals surface area (Å²) in [7, 11) is 0. The number of halogens is 2. The summed E-state index contributed by atoms with van der Waals surface area (Å²) in [4.78, 5) is 4.32. The van der Waals surface area contributed by atoms with Crippen molar-refractivity contribution >= 4 is 35.6 Å². The Hall–Kier alpha value is -0.830. The lowest BCUT2D eigenvalue weighted by Gasteiger charge is -2.12. The molecule has 1 N–H and O–H groups in total. The maximum Gasteiger partial charge on any atom is 0.0346 e. The van der Waals surface area contributed by atoms with Gasteiger partial charge in [-0.25, -0.2) is 0 Å². The van der Waals surface area contributed by atoms with Crippen molar-refractivity contribution < 1.29 is 0 Å². The van der Waals surface area contributed by atoms with Crippen molar-refractivity contribution in [2.45, 2.75) is 18.9 Å². The molecule has 4 heteroatoms. The summed E-state index contributed by atoms with van der Waals surface area (Å²) in [6, 6.07) is 8.98. The molecule has 0 bridgehead atoms. The molecule has 1 aliphatic heterocycles. The number of aromatic nitrogens is 1. The van der Waals surface area contributed by atoms with Crippen LogP contribution in [0.1, 0.15) is 24.4 Å². The van der Waals surface area contributed by atoms with Crippen LogP contribution >= 0.6 is 24.8 Å². The van der Waals surface area contributed by atoms with Gasteiger partial charge in [0.1, 0.15) is 0 Å². The summed E-state index contributed by atoms with van der Waals surface area (Å²) >= 11 is 0. The van der Waals surface area contributed by atoms with E-state index in [1.165, 1.54) is 29.2 Å². The molecule has 0 unspecified atom stereocenters. The zero-order valence-corrected chi connectivity index (χ0v) is 11.1. The largest absolute Gasteiger partial charge is 0.310 e. The second kappa shape index (κ2) is 6.20. The number of nitrogens with zero attached hydrogens (tertiary/aromatic N) is 1. The highest BCUT2D eigenvalue weighted by Gasteiger charge is 2.18. The second-order valence-electron chi connectivity index (χ2n) is 4.10. The smallest absolute Gasteiger partial charge is 0.0346 e. The molecule has 0 aliphatic carbocycles. The molecule has 0 saturated carbocycles. The van der Waals surface area contributed by atoms with Crippen LogP contribution in [0, 0.1) is 0 Å². The third-order valence-corrected chi connectivity index (χ3v) is 3.13. The molecule has 0 spiro atoms. The topological polar surface area (TPSA) is 24.9 Å².